The van der Waals surface area contributed by atoms with E-state index in [0.29, 0.717) is 18.8 Å². The van der Waals surface area contributed by atoms with E-state index in [1.807, 2.05) is 55.5 Å². The average Bonchev–Trinajstić information content (AvgIpc) is 3.63. The molecule has 4 rings (SSSR count). The smallest absolute Gasteiger partial charge is 0.333 e. The Kier molecular flexibility index (Phi) is 12.9. The summed E-state index contributed by atoms with van der Waals surface area (Å²) in [5.41, 5.74) is 4.10. The Bertz CT molecular complexity index is 1420. The van der Waals surface area contributed by atoms with Gasteiger partial charge in [-0.05, 0) is 80.5 Å². The number of allylic oxidation sites excluding steroid dienone is 1. The van der Waals surface area contributed by atoms with Gasteiger partial charge in [0, 0.05) is 17.7 Å². The molecule has 2 fully saturated rings. The molecule has 0 amide bonds. The average molecular weight is 631 g/mol. The zero-order valence-corrected chi connectivity index (χ0v) is 26.5. The summed E-state index contributed by atoms with van der Waals surface area (Å²) in [5.74, 6) is -0.628. The number of benzene rings is 2. The Hall–Kier alpha value is -4.47. The molecule has 2 aromatic carbocycles. The Labute approximate surface area is 270 Å². The lowest BCUT2D eigenvalue weighted by atomic mass is 10.1. The van der Waals surface area contributed by atoms with Gasteiger partial charge in [-0.25, -0.2) is 14.4 Å². The van der Waals surface area contributed by atoms with E-state index in [2.05, 4.69) is 13.2 Å². The second-order valence-electron chi connectivity index (χ2n) is 11.4. The van der Waals surface area contributed by atoms with E-state index >= 15 is 0 Å². The third-order valence-corrected chi connectivity index (χ3v) is 7.49. The summed E-state index contributed by atoms with van der Waals surface area (Å²) in [6, 6.07) is 15.1. The minimum Gasteiger partial charge on any atom is -0.494 e. The highest BCUT2D eigenvalue weighted by atomic mass is 16.7. The van der Waals surface area contributed by atoms with Crippen molar-refractivity contribution in [3.63, 3.8) is 0 Å². The first kappa shape index (κ1) is 34.4. The highest BCUT2D eigenvalue weighted by molar-refractivity contribution is 5.88. The van der Waals surface area contributed by atoms with Gasteiger partial charge in [0.25, 0.3) is 0 Å². The van der Waals surface area contributed by atoms with Gasteiger partial charge >= 0.3 is 17.9 Å². The molecular formula is C37H42O9. The van der Waals surface area contributed by atoms with Crippen LogP contribution in [0.15, 0.2) is 79.4 Å². The van der Waals surface area contributed by atoms with E-state index in [9.17, 15) is 14.4 Å². The van der Waals surface area contributed by atoms with Crippen molar-refractivity contribution >= 4 is 35.6 Å². The predicted molar refractivity (Wildman–Crippen MR) is 175 cm³/mol. The lowest BCUT2D eigenvalue weighted by Gasteiger charge is -2.16. The highest BCUT2D eigenvalue weighted by Crippen LogP contribution is 2.31. The molecule has 2 aliphatic heterocycles. The van der Waals surface area contributed by atoms with Crippen molar-refractivity contribution in [1.29, 1.82) is 0 Å². The first-order valence-corrected chi connectivity index (χ1v) is 15.5. The summed E-state index contributed by atoms with van der Waals surface area (Å²) < 4.78 is 33.6. The summed E-state index contributed by atoms with van der Waals surface area (Å²) >= 11 is 0. The lowest BCUT2D eigenvalue weighted by Crippen LogP contribution is -2.35. The van der Waals surface area contributed by atoms with E-state index in [0.717, 1.165) is 53.7 Å². The van der Waals surface area contributed by atoms with Gasteiger partial charge in [0.15, 0.2) is 12.2 Å². The number of rotatable bonds is 16. The van der Waals surface area contributed by atoms with Crippen LogP contribution >= 0.6 is 0 Å². The highest BCUT2D eigenvalue weighted by Gasteiger charge is 2.51. The maximum absolute atomic E-state index is 12.5. The molecule has 0 N–H and O–H groups in total. The van der Waals surface area contributed by atoms with E-state index in [1.165, 1.54) is 12.2 Å². The molecule has 0 bridgehead atoms. The summed E-state index contributed by atoms with van der Waals surface area (Å²) in [4.78, 5) is 36.3. The van der Waals surface area contributed by atoms with Gasteiger partial charge in [-0.3, -0.25) is 0 Å². The topological polar surface area (TPSA) is 107 Å². The number of ether oxygens (including phenoxy) is 6. The molecule has 9 nitrogen and oxygen atoms in total. The van der Waals surface area contributed by atoms with Crippen LogP contribution < -0.4 is 4.74 Å². The molecular weight excluding hydrogens is 588 g/mol. The predicted octanol–water partition coefficient (Wildman–Crippen LogP) is 6.13. The van der Waals surface area contributed by atoms with Gasteiger partial charge in [0.05, 0.1) is 26.4 Å². The van der Waals surface area contributed by atoms with Crippen molar-refractivity contribution < 1.29 is 42.8 Å². The minimum absolute atomic E-state index is 0.155. The quantitative estimate of drug-likeness (QED) is 0.0938. The van der Waals surface area contributed by atoms with Gasteiger partial charge in [-0.15, -0.1) is 0 Å². The monoisotopic (exact) mass is 630 g/mol. The van der Waals surface area contributed by atoms with E-state index in [4.69, 9.17) is 28.4 Å². The maximum atomic E-state index is 12.5. The van der Waals surface area contributed by atoms with E-state index in [-0.39, 0.29) is 19.2 Å². The van der Waals surface area contributed by atoms with E-state index < -0.39 is 36.4 Å². The Morgan fingerprint density at radius 3 is 1.74 bits per heavy atom. The van der Waals surface area contributed by atoms with Crippen LogP contribution in [-0.4, -0.2) is 68.8 Å². The van der Waals surface area contributed by atoms with E-state index in [1.54, 1.807) is 19.1 Å². The lowest BCUT2D eigenvalue weighted by molar-refractivity contribution is -0.149. The second-order valence-corrected chi connectivity index (χ2v) is 11.4. The largest absolute Gasteiger partial charge is 0.494 e. The van der Waals surface area contributed by atoms with Crippen molar-refractivity contribution in [3.05, 3.63) is 96.1 Å². The van der Waals surface area contributed by atoms with Gasteiger partial charge in [0.2, 0.25) is 0 Å². The molecule has 2 aromatic rings. The normalized spacial score (nSPS) is 20.4. The molecule has 2 heterocycles. The Morgan fingerprint density at radius 1 is 0.739 bits per heavy atom. The molecule has 0 aliphatic carbocycles. The van der Waals surface area contributed by atoms with Crippen LogP contribution in [0.5, 0.6) is 5.75 Å². The molecule has 46 heavy (non-hydrogen) atoms. The van der Waals surface area contributed by atoms with Crippen molar-refractivity contribution in [2.75, 3.05) is 26.4 Å². The molecule has 0 radical (unpaired) electrons. The minimum atomic E-state index is -0.602. The number of carbonyl (C=O) groups excluding carboxylic acids is 3. The zero-order valence-electron chi connectivity index (χ0n) is 26.5. The van der Waals surface area contributed by atoms with Crippen LogP contribution in [0.4, 0.5) is 0 Å². The number of fused-ring (bicyclic) bond motifs is 1. The molecule has 0 aromatic heterocycles. The van der Waals surface area contributed by atoms with Gasteiger partial charge in [-0.1, -0.05) is 55.1 Å². The first-order valence-electron chi connectivity index (χ1n) is 15.5. The number of esters is 3. The number of unbranched alkanes of at least 4 members (excludes halogenated alkanes) is 3. The first-order chi connectivity index (χ1) is 22.2. The number of hydrogen-bond acceptors (Lipinski definition) is 9. The standard InChI is InChI=1S/C37H42O9/c1-25(2)29-15-9-27(10-16-29)13-19-33(38)45-31-23-43-36-32(24-44-35(31)36)46-34(39)20-14-28-11-17-30(18-12-28)41-21-7-5-6-8-22-42-37(40)26(3)4/h9-20,31-32,35-36H,1,3,5-8,21-24H2,2,4H3/b19-13+,20-14+/t31?,32-,35-,36-/m1/s1. The van der Waals surface area contributed by atoms with Gasteiger partial charge in [0.1, 0.15) is 18.0 Å². The molecule has 2 aliphatic rings. The third kappa shape index (κ3) is 10.6. The molecule has 0 spiro atoms. The second kappa shape index (κ2) is 17.3. The van der Waals surface area contributed by atoms with Gasteiger partial charge < -0.3 is 28.4 Å². The summed E-state index contributed by atoms with van der Waals surface area (Å²) in [7, 11) is 0. The molecule has 0 saturated carbocycles. The molecule has 244 valence electrons. The van der Waals surface area contributed by atoms with Gasteiger partial charge in [-0.2, -0.15) is 0 Å². The van der Waals surface area contributed by atoms with Crippen LogP contribution in [0, 0.1) is 0 Å². The molecule has 9 heteroatoms. The Morgan fingerprint density at radius 2 is 1.24 bits per heavy atom. The third-order valence-electron chi connectivity index (χ3n) is 7.49. The molecule has 1 unspecified atom stereocenters. The van der Waals surface area contributed by atoms with Crippen LogP contribution in [0.1, 0.15) is 56.2 Å². The fourth-order valence-electron chi connectivity index (χ4n) is 4.93. The fourth-order valence-corrected chi connectivity index (χ4v) is 4.93. The summed E-state index contributed by atoms with van der Waals surface area (Å²) in [6.45, 7) is 12.4. The van der Waals surface area contributed by atoms with Crippen LogP contribution in [0.2, 0.25) is 0 Å². The fraction of sp³-hybridized carbons (Fsp3) is 0.378. The van der Waals surface area contributed by atoms with Crippen molar-refractivity contribution in [1.82, 2.24) is 0 Å². The zero-order chi connectivity index (χ0) is 32.9. The molecule has 2 saturated heterocycles. The number of hydrogen-bond donors (Lipinski definition) is 0. The van der Waals surface area contributed by atoms with Crippen molar-refractivity contribution in [2.45, 2.75) is 63.9 Å². The van der Waals surface area contributed by atoms with Crippen LogP contribution in [-0.2, 0) is 38.1 Å². The van der Waals surface area contributed by atoms with Crippen molar-refractivity contribution in [3.8, 4) is 5.75 Å². The maximum Gasteiger partial charge on any atom is 0.333 e. The van der Waals surface area contributed by atoms with Crippen LogP contribution in [0.25, 0.3) is 17.7 Å². The van der Waals surface area contributed by atoms with Crippen LogP contribution in [0.3, 0.4) is 0 Å². The Balaban J connectivity index is 1.12. The molecule has 4 atom stereocenters. The summed E-state index contributed by atoms with van der Waals surface area (Å²) in [5, 5.41) is 0. The van der Waals surface area contributed by atoms with Crippen molar-refractivity contribution in [2.24, 2.45) is 0 Å². The number of carbonyl (C=O) groups is 3. The SMILES string of the molecule is C=C(C)C(=O)OCCCCCCOc1ccc(/C=C/C(=O)O[C@@H]2CO[C@@H]3C(OC(=O)/C=C/c4ccc(C(=C)C)cc4)CO[C@@H]32)cc1. The summed E-state index contributed by atoms with van der Waals surface area (Å²) in [6.07, 6.45) is 7.50.